The number of hydrogen-bond acceptors (Lipinski definition) is 5. The van der Waals surface area contributed by atoms with Crippen LogP contribution >= 0.6 is 0 Å². The van der Waals surface area contributed by atoms with Crippen molar-refractivity contribution in [3.05, 3.63) is 71.0 Å². The summed E-state index contributed by atoms with van der Waals surface area (Å²) in [5, 5.41) is 20.9. The monoisotopic (exact) mass is 391 g/mol. The Hall–Kier alpha value is -2.77. The van der Waals surface area contributed by atoms with Gasteiger partial charge in [0.25, 0.3) is 0 Å². The first-order valence-corrected chi connectivity index (χ1v) is 8.94. The highest BCUT2D eigenvalue weighted by atomic mass is 19.1. The van der Waals surface area contributed by atoms with E-state index in [-0.39, 0.29) is 11.8 Å². The quantitative estimate of drug-likeness (QED) is 0.507. The first-order valence-electron chi connectivity index (χ1n) is 8.94. The van der Waals surface area contributed by atoms with E-state index in [1.54, 1.807) is 30.3 Å². The molecule has 0 amide bonds. The molecule has 7 heteroatoms. The molecule has 0 radical (unpaired) electrons. The first kappa shape index (κ1) is 23.3. The van der Waals surface area contributed by atoms with E-state index in [2.05, 4.69) is 4.74 Å². The van der Waals surface area contributed by atoms with Gasteiger partial charge >= 0.3 is 5.97 Å². The Balaban J connectivity index is 0.000000892. The number of carboxylic acids is 1. The van der Waals surface area contributed by atoms with Gasteiger partial charge in [0.2, 0.25) is 0 Å². The molecule has 152 valence electrons. The Bertz CT molecular complexity index is 745. The molecule has 0 bridgehead atoms. The van der Waals surface area contributed by atoms with Crippen molar-refractivity contribution in [1.29, 1.82) is 0 Å². The van der Waals surface area contributed by atoms with Gasteiger partial charge in [-0.25, -0.2) is 9.18 Å². The van der Waals surface area contributed by atoms with Crippen LogP contribution in [0.15, 0.2) is 48.5 Å². The lowest BCUT2D eigenvalue weighted by molar-refractivity contribution is -0.662. The largest absolute Gasteiger partial charge is 0.550 e. The van der Waals surface area contributed by atoms with Gasteiger partial charge in [0.05, 0.1) is 19.2 Å². The standard InChI is InChI=1S/C19H22FNO3.C2H4O2/c1-24-19(23)15-10-8-14(9-11-15)5-4-12-21-13-18(22)16-6-2-3-7-17(16)20;1-2(3)4/h2-3,6-11,18,21-22H,4-5,12-13H2,1H3;1H3,(H,3,4). The molecule has 2 aromatic rings. The van der Waals surface area contributed by atoms with Gasteiger partial charge in [-0.05, 0) is 37.1 Å². The SMILES string of the molecule is CC(=O)[O-].COC(=O)c1ccc(CCC[NH2+]CC(O)c2ccccc2F)cc1. The fraction of sp³-hybridized carbons (Fsp3) is 0.333. The van der Waals surface area contributed by atoms with Crippen LogP contribution in [0, 0.1) is 5.82 Å². The Morgan fingerprint density at radius 2 is 1.79 bits per heavy atom. The number of aliphatic hydroxyl groups excluding tert-OH is 1. The molecule has 0 saturated carbocycles. The number of nitrogens with two attached hydrogens (primary N) is 1. The van der Waals surface area contributed by atoms with Gasteiger partial charge in [0, 0.05) is 18.0 Å². The second-order valence-electron chi connectivity index (χ2n) is 6.13. The van der Waals surface area contributed by atoms with Gasteiger partial charge in [-0.1, -0.05) is 30.3 Å². The zero-order chi connectivity index (χ0) is 20.9. The summed E-state index contributed by atoms with van der Waals surface area (Å²) in [6.07, 6.45) is 1.01. The maximum absolute atomic E-state index is 13.5. The molecule has 0 aliphatic carbocycles. The molecule has 0 spiro atoms. The van der Waals surface area contributed by atoms with Crippen LogP contribution in [0.5, 0.6) is 0 Å². The Morgan fingerprint density at radius 3 is 2.36 bits per heavy atom. The van der Waals surface area contributed by atoms with E-state index in [1.165, 1.54) is 13.2 Å². The Kier molecular flexibility index (Phi) is 10.5. The minimum atomic E-state index is -1.08. The minimum absolute atomic E-state index is 0.336. The van der Waals surface area contributed by atoms with Gasteiger partial charge in [0.1, 0.15) is 18.5 Å². The summed E-state index contributed by atoms with van der Waals surface area (Å²) in [7, 11) is 1.36. The number of rotatable bonds is 8. The molecular formula is C21H26FNO5. The number of aryl methyl sites for hydroxylation is 1. The lowest BCUT2D eigenvalue weighted by Gasteiger charge is -2.10. The van der Waals surface area contributed by atoms with E-state index in [0.29, 0.717) is 17.7 Å². The number of carboxylic acid groups (broad SMARTS) is 1. The second-order valence-corrected chi connectivity index (χ2v) is 6.13. The van der Waals surface area contributed by atoms with Crippen molar-refractivity contribution in [1.82, 2.24) is 0 Å². The molecule has 0 aliphatic heterocycles. The summed E-state index contributed by atoms with van der Waals surface area (Å²) in [6.45, 7) is 2.24. The fourth-order valence-corrected chi connectivity index (χ4v) is 2.52. The number of benzene rings is 2. The number of hydrogen-bond donors (Lipinski definition) is 2. The van der Waals surface area contributed by atoms with Crippen LogP contribution < -0.4 is 10.4 Å². The maximum Gasteiger partial charge on any atom is 0.337 e. The zero-order valence-electron chi connectivity index (χ0n) is 16.1. The van der Waals surface area contributed by atoms with Crippen LogP contribution in [0.25, 0.3) is 0 Å². The number of quaternary nitrogens is 1. The summed E-state index contributed by atoms with van der Waals surface area (Å²) in [6, 6.07) is 13.6. The first-order chi connectivity index (χ1) is 13.3. The predicted octanol–water partition coefficient (Wildman–Crippen LogP) is 0.598. The molecule has 1 unspecified atom stereocenters. The number of carbonyl (C=O) groups is 2. The molecule has 2 aromatic carbocycles. The third-order valence-electron chi connectivity index (χ3n) is 3.90. The highest BCUT2D eigenvalue weighted by Crippen LogP contribution is 2.14. The number of carbonyl (C=O) groups excluding carboxylic acids is 2. The third-order valence-corrected chi connectivity index (χ3v) is 3.90. The van der Waals surface area contributed by atoms with Crippen molar-refractivity contribution in [2.75, 3.05) is 20.2 Å². The van der Waals surface area contributed by atoms with E-state index >= 15 is 0 Å². The van der Waals surface area contributed by atoms with E-state index in [1.807, 2.05) is 17.4 Å². The molecule has 0 aliphatic rings. The summed E-state index contributed by atoms with van der Waals surface area (Å²) < 4.78 is 18.2. The summed E-state index contributed by atoms with van der Waals surface area (Å²) in [5.41, 5.74) is 2.03. The lowest BCUT2D eigenvalue weighted by Crippen LogP contribution is -2.85. The highest BCUT2D eigenvalue weighted by Gasteiger charge is 2.13. The van der Waals surface area contributed by atoms with Gasteiger partial charge < -0.3 is 25.1 Å². The van der Waals surface area contributed by atoms with Crippen molar-refractivity contribution in [2.45, 2.75) is 25.9 Å². The average molecular weight is 391 g/mol. The topological polar surface area (TPSA) is 103 Å². The average Bonchev–Trinajstić information content (AvgIpc) is 2.67. The van der Waals surface area contributed by atoms with Gasteiger partial charge in [-0.2, -0.15) is 0 Å². The van der Waals surface area contributed by atoms with Crippen molar-refractivity contribution in [2.24, 2.45) is 0 Å². The van der Waals surface area contributed by atoms with Crippen LogP contribution in [0.3, 0.4) is 0 Å². The van der Waals surface area contributed by atoms with Crippen molar-refractivity contribution >= 4 is 11.9 Å². The molecule has 0 saturated heterocycles. The van der Waals surface area contributed by atoms with E-state index in [4.69, 9.17) is 9.90 Å². The molecule has 0 fully saturated rings. The molecule has 1 atom stereocenters. The van der Waals surface area contributed by atoms with Crippen molar-refractivity contribution < 1.29 is 34.2 Å². The van der Waals surface area contributed by atoms with Crippen LogP contribution in [-0.4, -0.2) is 37.2 Å². The lowest BCUT2D eigenvalue weighted by atomic mass is 10.1. The molecule has 28 heavy (non-hydrogen) atoms. The van der Waals surface area contributed by atoms with Crippen LogP contribution in [0.1, 0.15) is 40.9 Å². The van der Waals surface area contributed by atoms with Crippen LogP contribution in [0.2, 0.25) is 0 Å². The number of halogens is 1. The molecule has 3 N–H and O–H groups in total. The van der Waals surface area contributed by atoms with Gasteiger partial charge in [0.15, 0.2) is 0 Å². The van der Waals surface area contributed by atoms with E-state index in [9.17, 15) is 14.3 Å². The zero-order valence-corrected chi connectivity index (χ0v) is 16.1. The summed E-state index contributed by atoms with van der Waals surface area (Å²) >= 11 is 0. The van der Waals surface area contributed by atoms with Crippen LogP contribution in [0.4, 0.5) is 4.39 Å². The van der Waals surface area contributed by atoms with Crippen LogP contribution in [-0.2, 0) is 16.0 Å². The van der Waals surface area contributed by atoms with Gasteiger partial charge in [-0.3, -0.25) is 0 Å². The molecule has 0 aromatic heterocycles. The minimum Gasteiger partial charge on any atom is -0.550 e. The number of aliphatic carboxylic acids is 1. The Morgan fingerprint density at radius 1 is 1.18 bits per heavy atom. The van der Waals surface area contributed by atoms with Crippen molar-refractivity contribution in [3.8, 4) is 0 Å². The summed E-state index contributed by atoms with van der Waals surface area (Å²) in [4.78, 5) is 20.2. The smallest absolute Gasteiger partial charge is 0.337 e. The third kappa shape index (κ3) is 8.75. The number of aliphatic hydroxyl groups is 1. The predicted molar refractivity (Wildman–Crippen MR) is 99.8 cm³/mol. The summed E-state index contributed by atoms with van der Waals surface area (Å²) in [5.74, 6) is -1.79. The number of ether oxygens (including phenoxy) is 1. The number of methoxy groups -OCH3 is 1. The van der Waals surface area contributed by atoms with Crippen molar-refractivity contribution in [3.63, 3.8) is 0 Å². The molecule has 6 nitrogen and oxygen atoms in total. The highest BCUT2D eigenvalue weighted by molar-refractivity contribution is 5.89. The molecule has 2 rings (SSSR count). The van der Waals surface area contributed by atoms with E-state index < -0.39 is 12.1 Å². The Labute approximate surface area is 164 Å². The molecule has 0 heterocycles. The normalized spacial score (nSPS) is 11.1. The number of esters is 1. The maximum atomic E-state index is 13.5. The molecular weight excluding hydrogens is 365 g/mol. The van der Waals surface area contributed by atoms with E-state index in [0.717, 1.165) is 31.9 Å². The van der Waals surface area contributed by atoms with Gasteiger partial charge in [-0.15, -0.1) is 0 Å². The fourth-order valence-electron chi connectivity index (χ4n) is 2.52. The second kappa shape index (κ2) is 12.6.